The van der Waals surface area contributed by atoms with Crippen LogP contribution >= 0.6 is 23.2 Å². The number of rotatable bonds is 3. The molecule has 0 fully saturated rings. The third-order valence-corrected chi connectivity index (χ3v) is 4.04. The van der Waals surface area contributed by atoms with E-state index in [1.165, 1.54) is 6.07 Å². The minimum Gasteiger partial charge on any atom is -0.506 e. The molecule has 1 unspecified atom stereocenters. The highest BCUT2D eigenvalue weighted by Crippen LogP contribution is 2.36. The largest absolute Gasteiger partial charge is 0.506 e. The van der Waals surface area contributed by atoms with Gasteiger partial charge in [0.25, 0.3) is 0 Å². The van der Waals surface area contributed by atoms with Crippen LogP contribution in [0, 0.1) is 11.8 Å². The molecule has 25 heavy (non-hydrogen) atoms. The summed E-state index contributed by atoms with van der Waals surface area (Å²) in [6.07, 6.45) is 2.58. The van der Waals surface area contributed by atoms with E-state index in [0.717, 1.165) is 17.8 Å². The van der Waals surface area contributed by atoms with Gasteiger partial charge in [-0.2, -0.15) is 0 Å². The van der Waals surface area contributed by atoms with Gasteiger partial charge in [-0.25, -0.2) is 0 Å². The third-order valence-electron chi connectivity index (χ3n) is 3.53. The van der Waals surface area contributed by atoms with Crippen LogP contribution < -0.4 is 0 Å². The van der Waals surface area contributed by atoms with Gasteiger partial charge in [-0.15, -0.1) is 5.92 Å². The highest BCUT2D eigenvalue weighted by molar-refractivity contribution is 6.35. The Morgan fingerprint density at radius 2 is 2.04 bits per heavy atom. The second kappa shape index (κ2) is 10.8. The van der Waals surface area contributed by atoms with Gasteiger partial charge in [0.2, 0.25) is 0 Å². The molecule has 3 nitrogen and oxygen atoms in total. The quantitative estimate of drug-likeness (QED) is 0.548. The van der Waals surface area contributed by atoms with Gasteiger partial charge in [0.05, 0.1) is 16.4 Å². The van der Waals surface area contributed by atoms with Gasteiger partial charge in [0, 0.05) is 29.7 Å². The summed E-state index contributed by atoms with van der Waals surface area (Å²) in [5, 5.41) is 10.6. The van der Waals surface area contributed by atoms with Gasteiger partial charge in [-0.05, 0) is 44.5 Å². The lowest BCUT2D eigenvalue weighted by molar-refractivity contribution is 0.465. The van der Waals surface area contributed by atoms with Crippen LogP contribution in [-0.4, -0.2) is 22.8 Å². The van der Waals surface area contributed by atoms with Crippen molar-refractivity contribution in [2.75, 3.05) is 7.05 Å². The number of halogens is 2. The first kappa shape index (κ1) is 21.0. The summed E-state index contributed by atoms with van der Waals surface area (Å²) in [6, 6.07) is 9.03. The Morgan fingerprint density at radius 3 is 2.56 bits per heavy atom. The molecule has 1 heterocycles. The van der Waals surface area contributed by atoms with Crippen molar-refractivity contribution in [3.8, 4) is 17.6 Å². The van der Waals surface area contributed by atoms with E-state index in [1.807, 2.05) is 32.0 Å². The van der Waals surface area contributed by atoms with Crippen molar-refractivity contribution in [2.24, 2.45) is 4.99 Å². The Morgan fingerprint density at radius 1 is 1.32 bits per heavy atom. The number of phenols is 1. The minimum atomic E-state index is -0.0220. The van der Waals surface area contributed by atoms with Crippen LogP contribution in [0.25, 0.3) is 0 Å². The van der Waals surface area contributed by atoms with E-state index in [-0.39, 0.29) is 16.7 Å². The number of aromatic nitrogens is 1. The molecule has 1 aromatic carbocycles. The van der Waals surface area contributed by atoms with Crippen molar-refractivity contribution in [3.05, 3.63) is 57.8 Å². The molecule has 0 amide bonds. The first-order valence-electron chi connectivity index (χ1n) is 7.89. The number of aliphatic imine (C=N–C) groups is 1. The van der Waals surface area contributed by atoms with E-state index in [9.17, 15) is 5.11 Å². The molecule has 5 heteroatoms. The Bertz CT molecular complexity index is 778. The summed E-state index contributed by atoms with van der Waals surface area (Å²) < 4.78 is 0. The monoisotopic (exact) mass is 376 g/mol. The van der Waals surface area contributed by atoms with E-state index in [4.69, 9.17) is 23.2 Å². The van der Waals surface area contributed by atoms with Crippen LogP contribution in [0.1, 0.15) is 44.4 Å². The van der Waals surface area contributed by atoms with Gasteiger partial charge >= 0.3 is 0 Å². The van der Waals surface area contributed by atoms with Gasteiger partial charge in [0.15, 0.2) is 0 Å². The molecular weight excluding hydrogens is 355 g/mol. The second-order valence-electron chi connectivity index (χ2n) is 5.20. The van der Waals surface area contributed by atoms with Gasteiger partial charge in [0.1, 0.15) is 5.75 Å². The third kappa shape index (κ3) is 6.42. The number of nitrogens with zero attached hydrogens (tertiary/aromatic N) is 2. The fourth-order valence-electron chi connectivity index (χ4n) is 2.12. The zero-order chi connectivity index (χ0) is 18.8. The summed E-state index contributed by atoms with van der Waals surface area (Å²) in [5.74, 6) is 5.91. The molecule has 0 aliphatic carbocycles. The molecule has 2 rings (SSSR count). The Hall–Kier alpha value is -2.02. The Kier molecular flexibility index (Phi) is 9.05. The smallest absolute Gasteiger partial charge is 0.138 e. The van der Waals surface area contributed by atoms with Crippen LogP contribution in [0.2, 0.25) is 10.0 Å². The molecule has 0 spiro atoms. The van der Waals surface area contributed by atoms with Crippen LogP contribution in [-0.2, 0) is 0 Å². The molecule has 1 aromatic heterocycles. The number of phenolic OH excluding ortho intramolecular Hbond substituents is 1. The van der Waals surface area contributed by atoms with Gasteiger partial charge in [-0.1, -0.05) is 42.1 Å². The minimum absolute atomic E-state index is 0.0220. The maximum absolute atomic E-state index is 9.79. The normalized spacial score (nSPS) is 11.7. The maximum atomic E-state index is 9.79. The molecule has 2 aromatic rings. The zero-order valence-corrected chi connectivity index (χ0v) is 16.4. The van der Waals surface area contributed by atoms with E-state index in [0.29, 0.717) is 10.6 Å². The Balaban J connectivity index is 0.000000271. The number of benzene rings is 1. The maximum Gasteiger partial charge on any atom is 0.138 e. The molecule has 1 atom stereocenters. The number of hydrogen-bond donors (Lipinski definition) is 1. The van der Waals surface area contributed by atoms with Crippen molar-refractivity contribution >= 4 is 28.9 Å². The standard InChI is InChI=1S/C12H12Cl2O.C8H10N2/c1-3-5-8(4-2)10-6-9(13)7-11(14)12(10)15;1-7(9-2)8-5-3-4-6-10-8/h6-8,15H,4H2,1-2H3;3-6H,1-2H3. The van der Waals surface area contributed by atoms with E-state index >= 15 is 0 Å². The summed E-state index contributed by atoms with van der Waals surface area (Å²) in [6.45, 7) is 5.72. The fraction of sp³-hybridized carbons (Fsp3) is 0.300. The van der Waals surface area contributed by atoms with Crippen molar-refractivity contribution in [2.45, 2.75) is 33.1 Å². The predicted octanol–water partition coefficient (Wildman–Crippen LogP) is 5.74. The number of hydrogen-bond acceptors (Lipinski definition) is 3. The molecular formula is C20H22Cl2N2O. The van der Waals surface area contributed by atoms with Crippen LogP contribution in [0.5, 0.6) is 5.75 Å². The summed E-state index contributed by atoms with van der Waals surface area (Å²) in [7, 11) is 1.77. The first-order chi connectivity index (χ1) is 11.9. The summed E-state index contributed by atoms with van der Waals surface area (Å²) in [5.41, 5.74) is 2.62. The van der Waals surface area contributed by atoms with E-state index in [1.54, 1.807) is 26.2 Å². The van der Waals surface area contributed by atoms with Crippen LogP contribution in [0.4, 0.5) is 0 Å². The molecule has 132 valence electrons. The molecule has 0 bridgehead atoms. The second-order valence-corrected chi connectivity index (χ2v) is 6.05. The topological polar surface area (TPSA) is 45.5 Å². The summed E-state index contributed by atoms with van der Waals surface area (Å²) >= 11 is 11.7. The molecule has 0 aliphatic heterocycles. The van der Waals surface area contributed by atoms with Crippen molar-refractivity contribution in [3.63, 3.8) is 0 Å². The first-order valence-corrected chi connectivity index (χ1v) is 8.65. The summed E-state index contributed by atoms with van der Waals surface area (Å²) in [4.78, 5) is 8.13. The molecule has 0 saturated heterocycles. The average molecular weight is 377 g/mol. The number of aromatic hydroxyl groups is 1. The van der Waals surface area contributed by atoms with E-state index in [2.05, 4.69) is 21.8 Å². The van der Waals surface area contributed by atoms with Crippen molar-refractivity contribution in [1.29, 1.82) is 0 Å². The lowest BCUT2D eigenvalue weighted by Crippen LogP contribution is -1.96. The Labute approximate surface area is 159 Å². The number of pyridine rings is 1. The average Bonchev–Trinajstić information content (AvgIpc) is 2.63. The highest BCUT2D eigenvalue weighted by atomic mass is 35.5. The lowest BCUT2D eigenvalue weighted by Gasteiger charge is -2.12. The van der Waals surface area contributed by atoms with Crippen molar-refractivity contribution < 1.29 is 5.11 Å². The van der Waals surface area contributed by atoms with E-state index < -0.39 is 0 Å². The molecule has 0 aliphatic rings. The fourth-order valence-corrected chi connectivity index (χ4v) is 2.63. The predicted molar refractivity (Wildman–Crippen MR) is 107 cm³/mol. The molecule has 0 saturated carbocycles. The lowest BCUT2D eigenvalue weighted by atomic mass is 9.96. The molecule has 1 N–H and O–H groups in total. The zero-order valence-electron chi connectivity index (χ0n) is 14.8. The highest BCUT2D eigenvalue weighted by Gasteiger charge is 2.14. The SMILES string of the molecule is CC#CC(CC)c1cc(Cl)cc(Cl)c1O.CN=C(C)c1ccccn1. The van der Waals surface area contributed by atoms with Gasteiger partial charge < -0.3 is 5.11 Å². The van der Waals surface area contributed by atoms with Gasteiger partial charge in [-0.3, -0.25) is 9.98 Å². The van der Waals surface area contributed by atoms with Crippen LogP contribution in [0.3, 0.4) is 0 Å². The van der Waals surface area contributed by atoms with Crippen LogP contribution in [0.15, 0.2) is 41.5 Å². The molecule has 0 radical (unpaired) electrons. The van der Waals surface area contributed by atoms with Crippen molar-refractivity contribution in [1.82, 2.24) is 4.98 Å².